The highest BCUT2D eigenvalue weighted by molar-refractivity contribution is 7.91. The lowest BCUT2D eigenvalue weighted by atomic mass is 9.90. The number of carbonyl (C=O) groups excluding carboxylic acids is 1. The Bertz CT molecular complexity index is 1430. The first kappa shape index (κ1) is 29.0. The van der Waals surface area contributed by atoms with E-state index in [0.29, 0.717) is 23.6 Å². The van der Waals surface area contributed by atoms with Crippen LogP contribution >= 0.6 is 11.6 Å². The number of carbonyl (C=O) groups is 1. The SMILES string of the molecule is CCOc1ccc(Cc2cc([C@@H]3O[C@H](CS(=O)(=O)c4cccc(C(N)=O)c4)[C@H](O)[C@@H](O)[C@H]3O)ccc2Cl)cc1. The van der Waals surface area contributed by atoms with E-state index in [1.54, 1.807) is 18.2 Å². The van der Waals surface area contributed by atoms with Gasteiger partial charge in [-0.2, -0.15) is 0 Å². The van der Waals surface area contributed by atoms with Gasteiger partial charge >= 0.3 is 0 Å². The third-order valence-corrected chi connectivity index (χ3v) is 8.71. The summed E-state index contributed by atoms with van der Waals surface area (Å²) in [5.41, 5.74) is 7.41. The Morgan fingerprint density at radius 2 is 1.72 bits per heavy atom. The van der Waals surface area contributed by atoms with Crippen LogP contribution in [0.25, 0.3) is 0 Å². The maximum atomic E-state index is 13.1. The molecular weight excluding hydrogens is 546 g/mol. The number of nitrogens with two attached hydrogens (primary N) is 1. The van der Waals surface area contributed by atoms with E-state index >= 15 is 0 Å². The second kappa shape index (κ2) is 12.0. The number of benzene rings is 3. The molecule has 208 valence electrons. The minimum absolute atomic E-state index is 0.00995. The van der Waals surface area contributed by atoms with Gasteiger partial charge in [0.2, 0.25) is 5.91 Å². The van der Waals surface area contributed by atoms with Crippen molar-refractivity contribution >= 4 is 27.3 Å². The fourth-order valence-corrected chi connectivity index (χ4v) is 6.19. The van der Waals surface area contributed by atoms with Crippen LogP contribution in [0.15, 0.2) is 71.6 Å². The van der Waals surface area contributed by atoms with Crippen molar-refractivity contribution in [3.8, 4) is 5.75 Å². The van der Waals surface area contributed by atoms with Crippen molar-refractivity contribution < 1.29 is 38.0 Å². The summed E-state index contributed by atoms with van der Waals surface area (Å²) in [7, 11) is -4.08. The first-order chi connectivity index (χ1) is 18.5. The van der Waals surface area contributed by atoms with Gasteiger partial charge in [-0.3, -0.25) is 4.79 Å². The highest BCUT2D eigenvalue weighted by Crippen LogP contribution is 2.35. The Morgan fingerprint density at radius 3 is 2.38 bits per heavy atom. The number of hydrogen-bond donors (Lipinski definition) is 4. The molecule has 1 aliphatic heterocycles. The second-order valence-electron chi connectivity index (χ2n) is 9.34. The lowest BCUT2D eigenvalue weighted by molar-refractivity contribution is -0.218. The van der Waals surface area contributed by atoms with E-state index in [2.05, 4.69) is 0 Å². The van der Waals surface area contributed by atoms with E-state index in [9.17, 15) is 28.5 Å². The van der Waals surface area contributed by atoms with E-state index in [4.69, 9.17) is 26.8 Å². The van der Waals surface area contributed by atoms with Crippen molar-refractivity contribution in [3.63, 3.8) is 0 Å². The lowest BCUT2D eigenvalue weighted by Gasteiger charge is -2.41. The number of amides is 1. The van der Waals surface area contributed by atoms with Gasteiger partial charge in [-0.15, -0.1) is 0 Å². The topological polar surface area (TPSA) is 156 Å². The van der Waals surface area contributed by atoms with E-state index in [-0.39, 0.29) is 10.5 Å². The Kier molecular flexibility index (Phi) is 8.95. The first-order valence-corrected chi connectivity index (χ1v) is 14.4. The molecule has 11 heteroatoms. The van der Waals surface area contributed by atoms with Crippen LogP contribution in [0.3, 0.4) is 0 Å². The molecule has 0 aliphatic carbocycles. The van der Waals surface area contributed by atoms with Crippen LogP contribution in [0.2, 0.25) is 5.02 Å². The molecule has 1 amide bonds. The predicted molar refractivity (Wildman–Crippen MR) is 145 cm³/mol. The standard InChI is InChI=1S/C28H30ClNO8S/c1-2-37-20-9-6-16(7-10-20)12-19-13-17(8-11-22(19)29)27-26(33)25(32)24(31)23(38-27)15-39(35,36)21-5-3-4-18(14-21)28(30)34/h3-11,13-14,23-27,31-33H,2,12,15H2,1H3,(H2,30,34)/t23-,24+,25-,26-,27+/m1/s1. The highest BCUT2D eigenvalue weighted by Gasteiger charge is 2.46. The summed E-state index contributed by atoms with van der Waals surface area (Å²) in [6.45, 7) is 2.46. The summed E-state index contributed by atoms with van der Waals surface area (Å²) in [4.78, 5) is 11.3. The molecule has 0 spiro atoms. The van der Waals surface area contributed by atoms with Crippen LogP contribution in [0.5, 0.6) is 5.75 Å². The van der Waals surface area contributed by atoms with Crippen LogP contribution in [0.1, 0.15) is 40.1 Å². The molecule has 0 bridgehead atoms. The summed E-state index contributed by atoms with van der Waals surface area (Å²) in [6, 6.07) is 17.7. The quantitative estimate of drug-likeness (QED) is 0.303. The molecule has 5 N–H and O–H groups in total. The third kappa shape index (κ3) is 6.60. The smallest absolute Gasteiger partial charge is 0.248 e. The largest absolute Gasteiger partial charge is 0.494 e. The lowest BCUT2D eigenvalue weighted by Crippen LogP contribution is -2.56. The molecule has 9 nitrogen and oxygen atoms in total. The number of primary amides is 1. The van der Waals surface area contributed by atoms with Gasteiger partial charge in [0.1, 0.15) is 36.3 Å². The molecule has 39 heavy (non-hydrogen) atoms. The molecule has 5 atom stereocenters. The molecule has 1 heterocycles. The Balaban J connectivity index is 1.58. The van der Waals surface area contributed by atoms with Crippen molar-refractivity contribution in [3.05, 3.63) is 94.0 Å². The molecule has 1 fully saturated rings. The zero-order valence-corrected chi connectivity index (χ0v) is 22.7. The summed E-state index contributed by atoms with van der Waals surface area (Å²) < 4.78 is 37.6. The average Bonchev–Trinajstić information content (AvgIpc) is 2.91. The number of ether oxygens (including phenoxy) is 2. The van der Waals surface area contributed by atoms with E-state index in [1.165, 1.54) is 18.2 Å². The number of halogens is 1. The predicted octanol–water partition coefficient (Wildman–Crippen LogP) is 2.42. The van der Waals surface area contributed by atoms with Gasteiger partial charge in [0.15, 0.2) is 9.84 Å². The first-order valence-electron chi connectivity index (χ1n) is 12.3. The summed E-state index contributed by atoms with van der Waals surface area (Å²) in [5.74, 6) is -0.748. The van der Waals surface area contributed by atoms with Gasteiger partial charge in [-0.05, 0) is 66.4 Å². The van der Waals surface area contributed by atoms with Gasteiger partial charge < -0.3 is 30.5 Å². The van der Waals surface area contributed by atoms with Gasteiger partial charge in [0.25, 0.3) is 0 Å². The molecular formula is C28H30ClNO8S. The Labute approximate surface area is 231 Å². The zero-order valence-electron chi connectivity index (χ0n) is 21.1. The fraction of sp³-hybridized carbons (Fsp3) is 0.321. The maximum absolute atomic E-state index is 13.1. The molecule has 3 aromatic carbocycles. The number of sulfone groups is 1. The summed E-state index contributed by atoms with van der Waals surface area (Å²) in [5, 5.41) is 32.4. The maximum Gasteiger partial charge on any atom is 0.248 e. The fourth-order valence-electron chi connectivity index (χ4n) is 4.52. The number of aliphatic hydroxyl groups excluding tert-OH is 3. The minimum atomic E-state index is -4.08. The minimum Gasteiger partial charge on any atom is -0.494 e. The van der Waals surface area contributed by atoms with Crippen LogP contribution in [0, 0.1) is 0 Å². The molecule has 0 unspecified atom stereocenters. The molecule has 0 radical (unpaired) electrons. The Morgan fingerprint density at radius 1 is 1.00 bits per heavy atom. The number of aliphatic hydroxyl groups is 3. The van der Waals surface area contributed by atoms with E-state index in [1.807, 2.05) is 31.2 Å². The van der Waals surface area contributed by atoms with Gasteiger partial charge in [-0.25, -0.2) is 8.42 Å². The molecule has 1 aliphatic rings. The normalized spacial score (nSPS) is 23.4. The molecule has 3 aromatic rings. The monoisotopic (exact) mass is 575 g/mol. The van der Waals surface area contributed by atoms with Crippen molar-refractivity contribution in [2.45, 2.75) is 48.8 Å². The van der Waals surface area contributed by atoms with Gasteiger partial charge in [0, 0.05) is 10.6 Å². The van der Waals surface area contributed by atoms with Crippen LogP contribution in [-0.4, -0.2) is 66.4 Å². The van der Waals surface area contributed by atoms with Crippen LogP contribution in [0.4, 0.5) is 0 Å². The van der Waals surface area contributed by atoms with Crippen molar-refractivity contribution in [2.24, 2.45) is 5.73 Å². The zero-order chi connectivity index (χ0) is 28.3. The second-order valence-corrected chi connectivity index (χ2v) is 11.8. The van der Waals surface area contributed by atoms with Gasteiger partial charge in [0.05, 0.1) is 17.3 Å². The summed E-state index contributed by atoms with van der Waals surface area (Å²) in [6.07, 6.45) is -6.94. The van der Waals surface area contributed by atoms with Crippen molar-refractivity contribution in [1.29, 1.82) is 0 Å². The van der Waals surface area contributed by atoms with Crippen molar-refractivity contribution in [2.75, 3.05) is 12.4 Å². The number of rotatable bonds is 9. The average molecular weight is 576 g/mol. The molecule has 4 rings (SSSR count). The third-order valence-electron chi connectivity index (χ3n) is 6.60. The van der Waals surface area contributed by atoms with Crippen LogP contribution in [-0.2, 0) is 21.0 Å². The molecule has 0 saturated carbocycles. The van der Waals surface area contributed by atoms with E-state index < -0.39 is 52.0 Å². The van der Waals surface area contributed by atoms with Crippen molar-refractivity contribution in [1.82, 2.24) is 0 Å². The Hall–Kier alpha value is -2.99. The molecule has 1 saturated heterocycles. The van der Waals surface area contributed by atoms with E-state index in [0.717, 1.165) is 22.9 Å². The van der Waals surface area contributed by atoms with Gasteiger partial charge in [-0.1, -0.05) is 41.9 Å². The highest BCUT2D eigenvalue weighted by atomic mass is 35.5. The van der Waals surface area contributed by atoms with Crippen LogP contribution < -0.4 is 10.5 Å². The summed E-state index contributed by atoms with van der Waals surface area (Å²) >= 11 is 6.44. The molecule has 0 aromatic heterocycles. The number of hydrogen-bond acceptors (Lipinski definition) is 8.